The molecule has 0 radical (unpaired) electrons. The highest BCUT2D eigenvalue weighted by Crippen LogP contribution is 2.31. The maximum Gasteiger partial charge on any atom is 0.243 e. The Morgan fingerprint density at radius 1 is 1.00 bits per heavy atom. The molecule has 4 aromatic rings. The second-order valence-corrected chi connectivity index (χ2v) is 10.1. The van der Waals surface area contributed by atoms with Crippen molar-refractivity contribution in [2.45, 2.75) is 23.7 Å². The number of rotatable bonds is 4. The lowest BCUT2D eigenvalue weighted by molar-refractivity contribution is 0.265. The van der Waals surface area contributed by atoms with E-state index >= 15 is 0 Å². The number of piperidine rings is 1. The van der Waals surface area contributed by atoms with Crippen molar-refractivity contribution >= 4 is 32.4 Å². The molecule has 1 unspecified atom stereocenters. The molecule has 1 aromatic heterocycles. The van der Waals surface area contributed by atoms with E-state index in [9.17, 15) is 8.42 Å². The summed E-state index contributed by atoms with van der Waals surface area (Å²) in [6.45, 7) is 0.785. The third kappa shape index (κ3) is 3.96. The van der Waals surface area contributed by atoms with Gasteiger partial charge in [0.25, 0.3) is 0 Å². The Kier molecular flexibility index (Phi) is 5.25. The second kappa shape index (κ2) is 8.07. The molecule has 31 heavy (non-hydrogen) atoms. The van der Waals surface area contributed by atoms with Gasteiger partial charge in [0.05, 0.1) is 10.8 Å². The van der Waals surface area contributed by atoms with Gasteiger partial charge in [-0.2, -0.15) is 9.29 Å². The molecule has 1 aliphatic heterocycles. The maximum atomic E-state index is 13.3. The van der Waals surface area contributed by atoms with E-state index in [1.165, 1.54) is 4.31 Å². The quantitative estimate of drug-likeness (QED) is 0.429. The Morgan fingerprint density at radius 2 is 1.84 bits per heavy atom. The highest BCUT2D eigenvalue weighted by molar-refractivity contribution is 7.89. The molecule has 0 amide bonds. The van der Waals surface area contributed by atoms with E-state index in [0.29, 0.717) is 34.7 Å². The first-order valence-corrected chi connectivity index (χ1v) is 11.9. The van der Waals surface area contributed by atoms with Crippen LogP contribution in [0.1, 0.15) is 24.7 Å². The van der Waals surface area contributed by atoms with Crippen molar-refractivity contribution < 1.29 is 12.9 Å². The predicted molar refractivity (Wildman–Crippen MR) is 119 cm³/mol. The minimum atomic E-state index is -3.62. The zero-order chi connectivity index (χ0) is 21.4. The van der Waals surface area contributed by atoms with Crippen LogP contribution in [0.3, 0.4) is 0 Å². The summed E-state index contributed by atoms with van der Waals surface area (Å²) in [5.74, 6) is 0.754. The van der Waals surface area contributed by atoms with Crippen LogP contribution in [0.5, 0.6) is 0 Å². The van der Waals surface area contributed by atoms with Gasteiger partial charge in [0.2, 0.25) is 21.7 Å². The van der Waals surface area contributed by atoms with Crippen LogP contribution in [0, 0.1) is 0 Å². The van der Waals surface area contributed by atoms with Gasteiger partial charge >= 0.3 is 0 Å². The Hall–Kier alpha value is -2.74. The Labute approximate surface area is 185 Å². The summed E-state index contributed by atoms with van der Waals surface area (Å²) >= 11 is 6.05. The molecule has 1 aliphatic rings. The summed E-state index contributed by atoms with van der Waals surface area (Å²) in [4.78, 5) is 4.82. The van der Waals surface area contributed by atoms with Crippen LogP contribution in [0.4, 0.5) is 0 Å². The summed E-state index contributed by atoms with van der Waals surface area (Å²) in [5.41, 5.74) is 0.763. The van der Waals surface area contributed by atoms with E-state index in [0.717, 1.165) is 29.2 Å². The molecule has 2 heterocycles. The minimum absolute atomic E-state index is 0.149. The third-order valence-corrected chi connectivity index (χ3v) is 7.71. The van der Waals surface area contributed by atoms with Crippen molar-refractivity contribution in [1.82, 2.24) is 14.4 Å². The Bertz CT molecular complexity index is 1350. The molecule has 0 bridgehead atoms. The maximum absolute atomic E-state index is 13.3. The summed E-state index contributed by atoms with van der Waals surface area (Å²) in [7, 11) is -3.62. The summed E-state index contributed by atoms with van der Waals surface area (Å²) in [6.07, 6.45) is 1.52. The molecular formula is C23H20ClN3O3S. The van der Waals surface area contributed by atoms with Gasteiger partial charge in [-0.1, -0.05) is 59.2 Å². The molecule has 0 spiro atoms. The number of nitrogens with zero attached hydrogens (tertiary/aromatic N) is 3. The molecule has 158 valence electrons. The fourth-order valence-corrected chi connectivity index (χ4v) is 5.74. The highest BCUT2D eigenvalue weighted by Gasteiger charge is 2.33. The van der Waals surface area contributed by atoms with Crippen LogP contribution in [0.25, 0.3) is 22.2 Å². The predicted octanol–water partition coefficient (Wildman–Crippen LogP) is 5.11. The number of hydrogen-bond donors (Lipinski definition) is 0. The van der Waals surface area contributed by atoms with Gasteiger partial charge in [-0.15, -0.1) is 0 Å². The Balaban J connectivity index is 1.39. The van der Waals surface area contributed by atoms with E-state index in [-0.39, 0.29) is 5.92 Å². The van der Waals surface area contributed by atoms with E-state index in [4.69, 9.17) is 16.1 Å². The van der Waals surface area contributed by atoms with Crippen LogP contribution in [0.15, 0.2) is 76.1 Å². The van der Waals surface area contributed by atoms with Gasteiger partial charge in [-0.25, -0.2) is 8.42 Å². The topological polar surface area (TPSA) is 76.3 Å². The van der Waals surface area contributed by atoms with Gasteiger partial charge in [-0.05, 0) is 47.9 Å². The van der Waals surface area contributed by atoms with Crippen molar-refractivity contribution in [2.24, 2.45) is 0 Å². The van der Waals surface area contributed by atoms with E-state index in [1.807, 2.05) is 42.5 Å². The fourth-order valence-electron chi connectivity index (χ4n) is 3.99. The van der Waals surface area contributed by atoms with Gasteiger partial charge in [0.15, 0.2) is 0 Å². The smallest absolute Gasteiger partial charge is 0.243 e. The second-order valence-electron chi connectivity index (χ2n) is 7.68. The lowest BCUT2D eigenvalue weighted by Gasteiger charge is -2.30. The number of benzene rings is 3. The van der Waals surface area contributed by atoms with E-state index in [2.05, 4.69) is 10.1 Å². The summed E-state index contributed by atoms with van der Waals surface area (Å²) in [5, 5.41) is 6.58. The number of aromatic nitrogens is 2. The SMILES string of the molecule is O=S(=O)(c1ccc2ccccc2c1)N1CCCC(c2nc(-c3cccc(Cl)c3)no2)C1. The third-order valence-electron chi connectivity index (χ3n) is 5.62. The molecule has 1 atom stereocenters. The lowest BCUT2D eigenvalue weighted by atomic mass is 10.00. The normalized spacial score (nSPS) is 17.8. The first-order chi connectivity index (χ1) is 15.0. The van der Waals surface area contributed by atoms with E-state index < -0.39 is 10.0 Å². The molecule has 8 heteroatoms. The van der Waals surface area contributed by atoms with Crippen LogP contribution in [-0.4, -0.2) is 36.0 Å². The van der Waals surface area contributed by atoms with E-state index in [1.54, 1.807) is 24.3 Å². The van der Waals surface area contributed by atoms with Crippen LogP contribution in [-0.2, 0) is 10.0 Å². The van der Waals surface area contributed by atoms with Crippen LogP contribution >= 0.6 is 11.6 Å². The monoisotopic (exact) mass is 453 g/mol. The number of fused-ring (bicyclic) bond motifs is 1. The van der Waals surface area contributed by atoms with Crippen LogP contribution < -0.4 is 0 Å². The van der Waals surface area contributed by atoms with Crippen molar-refractivity contribution in [3.05, 3.63) is 77.6 Å². The van der Waals surface area contributed by atoms with Crippen LogP contribution in [0.2, 0.25) is 5.02 Å². The zero-order valence-corrected chi connectivity index (χ0v) is 18.2. The lowest BCUT2D eigenvalue weighted by Crippen LogP contribution is -2.39. The van der Waals surface area contributed by atoms with Gasteiger partial charge in [0.1, 0.15) is 0 Å². The fraction of sp³-hybridized carbons (Fsp3) is 0.217. The first-order valence-electron chi connectivity index (χ1n) is 10.1. The average molecular weight is 454 g/mol. The molecule has 6 nitrogen and oxygen atoms in total. The molecule has 0 N–H and O–H groups in total. The summed E-state index contributed by atoms with van der Waals surface area (Å²) < 4.78 is 33.7. The standard InChI is InChI=1S/C23H20ClN3O3S/c24-20-9-3-7-18(13-20)22-25-23(30-26-22)19-8-4-12-27(15-19)31(28,29)21-11-10-16-5-1-2-6-17(16)14-21/h1-3,5-7,9-11,13-14,19H,4,8,12,15H2. The van der Waals surface area contributed by atoms with Gasteiger partial charge in [0, 0.05) is 23.7 Å². The Morgan fingerprint density at radius 3 is 2.68 bits per heavy atom. The largest absolute Gasteiger partial charge is 0.339 e. The number of sulfonamides is 1. The zero-order valence-electron chi connectivity index (χ0n) is 16.6. The minimum Gasteiger partial charge on any atom is -0.339 e. The van der Waals surface area contributed by atoms with Crippen molar-refractivity contribution in [2.75, 3.05) is 13.1 Å². The number of hydrogen-bond acceptors (Lipinski definition) is 5. The molecule has 1 fully saturated rings. The van der Waals surface area contributed by atoms with Gasteiger partial charge < -0.3 is 4.52 Å². The van der Waals surface area contributed by atoms with Crippen molar-refractivity contribution in [3.63, 3.8) is 0 Å². The van der Waals surface area contributed by atoms with Crippen molar-refractivity contribution in [3.8, 4) is 11.4 Å². The molecule has 1 saturated heterocycles. The molecular weight excluding hydrogens is 434 g/mol. The summed E-state index contributed by atoms with van der Waals surface area (Å²) in [6, 6.07) is 20.2. The number of halogens is 1. The first kappa shape index (κ1) is 20.2. The molecule has 0 saturated carbocycles. The highest BCUT2D eigenvalue weighted by atomic mass is 35.5. The molecule has 3 aromatic carbocycles. The van der Waals surface area contributed by atoms with Gasteiger partial charge in [-0.3, -0.25) is 0 Å². The van der Waals surface area contributed by atoms with Crippen molar-refractivity contribution in [1.29, 1.82) is 0 Å². The average Bonchev–Trinajstić information content (AvgIpc) is 3.29. The molecule has 5 rings (SSSR count). The molecule has 0 aliphatic carbocycles.